The van der Waals surface area contributed by atoms with Crippen LogP contribution in [0, 0.1) is 5.82 Å². The molecule has 1 heterocycles. The Bertz CT molecular complexity index is 891. The van der Waals surface area contributed by atoms with Gasteiger partial charge in [-0.05, 0) is 48.4 Å². The van der Waals surface area contributed by atoms with Gasteiger partial charge in [-0.1, -0.05) is 35.0 Å². The number of rotatable bonds is 7. The molecular formula is C21H20BrFN2O2. The second-order valence-corrected chi connectivity index (χ2v) is 7.12. The molecule has 1 atom stereocenters. The highest BCUT2D eigenvalue weighted by Gasteiger charge is 2.14. The molecule has 27 heavy (non-hydrogen) atoms. The lowest BCUT2D eigenvalue weighted by molar-refractivity contribution is -0.121. The largest absolute Gasteiger partial charge is 0.441 e. The van der Waals surface area contributed by atoms with E-state index in [0.29, 0.717) is 18.1 Å². The number of hydrogen-bond donors (Lipinski definition) is 1. The van der Waals surface area contributed by atoms with Gasteiger partial charge in [0.05, 0.1) is 12.2 Å². The lowest BCUT2D eigenvalue weighted by Gasteiger charge is -2.17. The molecule has 1 amide bonds. The summed E-state index contributed by atoms with van der Waals surface area (Å²) in [5.41, 5.74) is 1.82. The molecule has 3 rings (SSSR count). The van der Waals surface area contributed by atoms with E-state index in [2.05, 4.69) is 26.2 Å². The molecule has 0 radical (unpaired) electrons. The molecule has 6 heteroatoms. The average Bonchev–Trinajstić information content (AvgIpc) is 3.15. The third-order valence-electron chi connectivity index (χ3n) is 4.26. The van der Waals surface area contributed by atoms with Gasteiger partial charge in [0.15, 0.2) is 11.7 Å². The van der Waals surface area contributed by atoms with Gasteiger partial charge in [0.2, 0.25) is 5.91 Å². The third kappa shape index (κ3) is 5.26. The number of benzene rings is 2. The summed E-state index contributed by atoms with van der Waals surface area (Å²) in [4.78, 5) is 16.5. The molecule has 0 saturated carbocycles. The second-order valence-electron chi connectivity index (χ2n) is 6.21. The Kier molecular flexibility index (Phi) is 6.40. The maximum atomic E-state index is 13.0. The van der Waals surface area contributed by atoms with Gasteiger partial charge in [-0.2, -0.15) is 0 Å². The van der Waals surface area contributed by atoms with E-state index in [1.165, 1.54) is 12.1 Å². The number of amides is 1. The van der Waals surface area contributed by atoms with Crippen molar-refractivity contribution in [1.82, 2.24) is 10.3 Å². The first kappa shape index (κ1) is 19.3. The summed E-state index contributed by atoms with van der Waals surface area (Å²) in [5, 5.41) is 3.05. The van der Waals surface area contributed by atoms with Crippen molar-refractivity contribution in [1.29, 1.82) is 0 Å². The van der Waals surface area contributed by atoms with Crippen molar-refractivity contribution in [2.45, 2.75) is 32.2 Å². The Balaban J connectivity index is 1.55. The van der Waals surface area contributed by atoms with Crippen LogP contribution in [-0.4, -0.2) is 10.9 Å². The topological polar surface area (TPSA) is 55.1 Å². The van der Waals surface area contributed by atoms with Crippen molar-refractivity contribution < 1.29 is 13.6 Å². The number of halogens is 2. The first-order valence-corrected chi connectivity index (χ1v) is 9.60. The minimum Gasteiger partial charge on any atom is -0.441 e. The molecule has 0 unspecified atom stereocenters. The minimum absolute atomic E-state index is 0.0232. The van der Waals surface area contributed by atoms with E-state index in [0.717, 1.165) is 22.0 Å². The molecule has 1 aromatic heterocycles. The maximum Gasteiger partial charge on any atom is 0.220 e. The zero-order valence-electron chi connectivity index (χ0n) is 14.9. The van der Waals surface area contributed by atoms with Crippen molar-refractivity contribution in [2.24, 2.45) is 0 Å². The summed E-state index contributed by atoms with van der Waals surface area (Å²) in [6, 6.07) is 13.9. The van der Waals surface area contributed by atoms with Gasteiger partial charge in [-0.15, -0.1) is 0 Å². The molecule has 3 aromatic rings. The minimum atomic E-state index is -0.300. The fraction of sp³-hybridized carbons (Fsp3) is 0.238. The number of aromatic nitrogens is 1. The van der Waals surface area contributed by atoms with Crippen LogP contribution in [0.3, 0.4) is 0 Å². The van der Waals surface area contributed by atoms with Crippen molar-refractivity contribution in [3.8, 4) is 11.3 Å². The van der Waals surface area contributed by atoms with E-state index in [1.807, 2.05) is 31.2 Å². The summed E-state index contributed by atoms with van der Waals surface area (Å²) in [6.45, 7) is 2.04. The quantitative estimate of drug-likeness (QED) is 0.542. The lowest BCUT2D eigenvalue weighted by atomic mass is 10.0. The number of carbonyl (C=O) groups excluding carboxylic acids is 1. The summed E-state index contributed by atoms with van der Waals surface area (Å²) in [7, 11) is 0. The van der Waals surface area contributed by atoms with E-state index in [-0.39, 0.29) is 24.2 Å². The highest BCUT2D eigenvalue weighted by molar-refractivity contribution is 9.10. The summed E-state index contributed by atoms with van der Waals surface area (Å²) in [6.07, 6.45) is 3.10. The first-order chi connectivity index (χ1) is 13.0. The van der Waals surface area contributed by atoms with E-state index in [1.54, 1.807) is 18.3 Å². The van der Waals surface area contributed by atoms with Gasteiger partial charge in [0.1, 0.15) is 5.82 Å². The fourth-order valence-corrected chi connectivity index (χ4v) is 3.04. The summed E-state index contributed by atoms with van der Waals surface area (Å²) in [5.74, 6) is 0.700. The molecule has 0 saturated heterocycles. The van der Waals surface area contributed by atoms with Gasteiger partial charge >= 0.3 is 0 Å². The smallest absolute Gasteiger partial charge is 0.220 e. The van der Waals surface area contributed by atoms with E-state index in [9.17, 15) is 9.18 Å². The van der Waals surface area contributed by atoms with Crippen molar-refractivity contribution in [3.05, 3.63) is 76.5 Å². The molecule has 0 bridgehead atoms. The van der Waals surface area contributed by atoms with Crippen LogP contribution in [0.5, 0.6) is 0 Å². The third-order valence-corrected chi connectivity index (χ3v) is 4.79. The van der Waals surface area contributed by atoms with Gasteiger partial charge in [0.25, 0.3) is 0 Å². The Morgan fingerprint density at radius 3 is 2.56 bits per heavy atom. The van der Waals surface area contributed by atoms with E-state index < -0.39 is 0 Å². The predicted octanol–water partition coefficient (Wildman–Crippen LogP) is 5.44. The Labute approximate surface area is 165 Å². The van der Waals surface area contributed by atoms with Crippen LogP contribution in [0.1, 0.15) is 37.3 Å². The molecule has 1 N–H and O–H groups in total. The van der Waals surface area contributed by atoms with Crippen molar-refractivity contribution in [3.63, 3.8) is 0 Å². The monoisotopic (exact) mass is 430 g/mol. The molecule has 0 aliphatic heterocycles. The van der Waals surface area contributed by atoms with Gasteiger partial charge < -0.3 is 9.73 Å². The Morgan fingerprint density at radius 2 is 1.89 bits per heavy atom. The van der Waals surface area contributed by atoms with Crippen molar-refractivity contribution >= 4 is 21.8 Å². The van der Waals surface area contributed by atoms with Crippen molar-refractivity contribution in [2.75, 3.05) is 0 Å². The molecule has 0 aliphatic rings. The summed E-state index contributed by atoms with van der Waals surface area (Å²) < 4.78 is 19.7. The molecule has 0 spiro atoms. The van der Waals surface area contributed by atoms with Gasteiger partial charge in [-0.25, -0.2) is 9.37 Å². The maximum absolute atomic E-state index is 13.0. The highest BCUT2D eigenvalue weighted by atomic mass is 79.9. The number of carbonyl (C=O) groups is 1. The van der Waals surface area contributed by atoms with Crippen LogP contribution in [0.2, 0.25) is 0 Å². The molecule has 140 valence electrons. The van der Waals surface area contributed by atoms with Gasteiger partial charge in [0, 0.05) is 22.9 Å². The Morgan fingerprint density at radius 1 is 1.19 bits per heavy atom. The molecule has 2 aromatic carbocycles. The zero-order chi connectivity index (χ0) is 19.2. The molecule has 0 aliphatic carbocycles. The highest BCUT2D eigenvalue weighted by Crippen LogP contribution is 2.22. The molecule has 0 fully saturated rings. The van der Waals surface area contributed by atoms with E-state index in [4.69, 9.17) is 4.42 Å². The SMILES string of the molecule is CC[C@@H](NC(=O)CCc1ncc(-c2ccc(F)cc2)o1)c1ccc(Br)cc1. The average molecular weight is 431 g/mol. The van der Waals surface area contributed by atoms with Crippen LogP contribution in [0.25, 0.3) is 11.3 Å². The lowest BCUT2D eigenvalue weighted by Crippen LogP contribution is -2.28. The predicted molar refractivity (Wildman–Crippen MR) is 106 cm³/mol. The zero-order valence-corrected chi connectivity index (χ0v) is 16.5. The van der Waals surface area contributed by atoms with Crippen LogP contribution in [0.4, 0.5) is 4.39 Å². The number of nitrogens with zero attached hydrogens (tertiary/aromatic N) is 1. The molecule has 4 nitrogen and oxygen atoms in total. The second kappa shape index (κ2) is 8.95. The van der Waals surface area contributed by atoms with Crippen LogP contribution in [0.15, 0.2) is 63.6 Å². The van der Waals surface area contributed by atoms with Gasteiger partial charge in [-0.3, -0.25) is 4.79 Å². The first-order valence-electron chi connectivity index (χ1n) is 8.80. The van der Waals surface area contributed by atoms with Crippen LogP contribution >= 0.6 is 15.9 Å². The Hall–Kier alpha value is -2.47. The number of hydrogen-bond acceptors (Lipinski definition) is 3. The number of oxazole rings is 1. The standard InChI is InChI=1S/C21H20BrFN2O2/c1-2-18(14-3-7-16(22)8-4-14)25-20(26)11-12-21-24-13-19(27-21)15-5-9-17(23)10-6-15/h3-10,13,18H,2,11-12H2,1H3,(H,25,26)/t18-/m1/s1. The molecular weight excluding hydrogens is 411 g/mol. The van der Waals surface area contributed by atoms with E-state index >= 15 is 0 Å². The van der Waals surface area contributed by atoms with Crippen LogP contribution < -0.4 is 5.32 Å². The normalized spacial score (nSPS) is 12.0. The summed E-state index contributed by atoms with van der Waals surface area (Å²) >= 11 is 3.42. The fourth-order valence-electron chi connectivity index (χ4n) is 2.78. The number of nitrogens with one attached hydrogen (secondary N) is 1. The van der Waals surface area contributed by atoms with Crippen LogP contribution in [-0.2, 0) is 11.2 Å². The number of aryl methyl sites for hydroxylation is 1.